The van der Waals surface area contributed by atoms with Crippen LogP contribution in [-0.2, 0) is 4.79 Å². The number of halogens is 3. The third-order valence-corrected chi connectivity index (χ3v) is 6.28. The Bertz CT molecular complexity index is 756. The van der Waals surface area contributed by atoms with E-state index >= 15 is 0 Å². The third kappa shape index (κ3) is 4.24. The summed E-state index contributed by atoms with van der Waals surface area (Å²) in [6, 6.07) is 6.80. The number of hydrogen-bond donors (Lipinski definition) is 0. The fraction of sp³-hybridized carbons (Fsp3) is 0.450. The quantitative estimate of drug-likeness (QED) is 0.724. The van der Waals surface area contributed by atoms with E-state index in [2.05, 4.69) is 4.90 Å². The largest absolute Gasteiger partial charge is 0.416 e. The predicted molar refractivity (Wildman–Crippen MR) is 103 cm³/mol. The molecule has 7 heteroatoms. The van der Waals surface area contributed by atoms with Gasteiger partial charge in [-0.15, -0.1) is 11.8 Å². The maximum Gasteiger partial charge on any atom is 0.416 e. The standard InChI is InChI=1S/C20H23F3N2OS/c1-3-24(4-2)12-11-19(26)25-15-7-5-6-8-17(15)27-18-10-9-14(13-16(18)25)20(21,22)23/h5-10,13,16,18H,3-4,11-12H2,1-2H3. The third-order valence-electron chi connectivity index (χ3n) is 4.97. The van der Waals surface area contributed by atoms with Crippen LogP contribution in [0, 0.1) is 0 Å². The van der Waals surface area contributed by atoms with Gasteiger partial charge in [-0.05, 0) is 31.3 Å². The normalized spacial score (nSPS) is 21.7. The number of benzene rings is 1. The first-order valence-electron chi connectivity index (χ1n) is 9.12. The molecule has 27 heavy (non-hydrogen) atoms. The van der Waals surface area contributed by atoms with E-state index in [1.165, 1.54) is 17.8 Å². The molecule has 0 bridgehead atoms. The molecular formula is C20H23F3N2OS. The Morgan fingerprint density at radius 3 is 2.59 bits per heavy atom. The molecule has 1 aliphatic heterocycles. The SMILES string of the molecule is CCN(CC)CCC(=O)N1c2ccccc2SC2C=CC(C(F)(F)F)=CC21. The van der Waals surface area contributed by atoms with Crippen molar-refractivity contribution in [3.05, 3.63) is 48.1 Å². The lowest BCUT2D eigenvalue weighted by Crippen LogP contribution is -2.49. The number of amides is 1. The van der Waals surface area contributed by atoms with Gasteiger partial charge in [-0.25, -0.2) is 0 Å². The summed E-state index contributed by atoms with van der Waals surface area (Å²) in [5.41, 5.74) is 0.00615. The Morgan fingerprint density at radius 2 is 1.93 bits per heavy atom. The number of carbonyl (C=O) groups excluding carboxylic acids is 1. The van der Waals surface area contributed by atoms with Crippen LogP contribution >= 0.6 is 11.8 Å². The van der Waals surface area contributed by atoms with E-state index in [0.29, 0.717) is 12.2 Å². The molecule has 1 aliphatic carbocycles. The minimum absolute atomic E-state index is 0.141. The summed E-state index contributed by atoms with van der Waals surface area (Å²) in [5.74, 6) is -0.141. The minimum Gasteiger partial charge on any atom is -0.303 e. The molecule has 2 unspecified atom stereocenters. The van der Waals surface area contributed by atoms with E-state index in [1.807, 2.05) is 38.1 Å². The van der Waals surface area contributed by atoms with Gasteiger partial charge in [0.2, 0.25) is 5.91 Å². The highest BCUT2D eigenvalue weighted by molar-refractivity contribution is 8.00. The average molecular weight is 396 g/mol. The number of fused-ring (bicyclic) bond motifs is 2. The fourth-order valence-electron chi connectivity index (χ4n) is 3.44. The van der Waals surface area contributed by atoms with Crippen molar-refractivity contribution in [2.75, 3.05) is 24.5 Å². The summed E-state index contributed by atoms with van der Waals surface area (Å²) in [5, 5.41) is -0.219. The molecular weight excluding hydrogens is 373 g/mol. The van der Waals surface area contributed by atoms with Gasteiger partial charge in [0.25, 0.3) is 0 Å². The first-order chi connectivity index (χ1) is 12.8. The highest BCUT2D eigenvalue weighted by Gasteiger charge is 2.41. The van der Waals surface area contributed by atoms with E-state index < -0.39 is 17.8 Å². The van der Waals surface area contributed by atoms with Crippen molar-refractivity contribution in [1.29, 1.82) is 0 Å². The number of alkyl halides is 3. The Balaban J connectivity index is 1.93. The molecule has 0 N–H and O–H groups in total. The molecule has 146 valence electrons. The first-order valence-corrected chi connectivity index (χ1v) is 10.0. The van der Waals surface area contributed by atoms with Gasteiger partial charge in [0.1, 0.15) is 0 Å². The maximum atomic E-state index is 13.2. The van der Waals surface area contributed by atoms with E-state index in [-0.39, 0.29) is 17.6 Å². The van der Waals surface area contributed by atoms with Crippen LogP contribution in [0.3, 0.4) is 0 Å². The molecule has 0 aromatic heterocycles. The number of nitrogens with zero attached hydrogens (tertiary/aromatic N) is 2. The average Bonchev–Trinajstić information content (AvgIpc) is 2.65. The molecule has 0 spiro atoms. The lowest BCUT2D eigenvalue weighted by Gasteiger charge is -2.41. The molecule has 2 atom stereocenters. The van der Waals surface area contributed by atoms with Crippen LogP contribution in [0.1, 0.15) is 20.3 Å². The molecule has 0 saturated carbocycles. The monoisotopic (exact) mass is 396 g/mol. The van der Waals surface area contributed by atoms with Crippen molar-refractivity contribution >= 4 is 23.4 Å². The summed E-state index contributed by atoms with van der Waals surface area (Å²) < 4.78 is 39.7. The van der Waals surface area contributed by atoms with Gasteiger partial charge >= 0.3 is 6.18 Å². The van der Waals surface area contributed by atoms with Gasteiger partial charge in [-0.2, -0.15) is 13.2 Å². The number of allylic oxidation sites excluding steroid dienone is 2. The molecule has 1 heterocycles. The number of rotatable bonds is 5. The molecule has 2 aliphatic rings. The smallest absolute Gasteiger partial charge is 0.303 e. The molecule has 0 saturated heterocycles. The Labute approximate surface area is 161 Å². The summed E-state index contributed by atoms with van der Waals surface area (Å²) in [6.07, 6.45) is -0.246. The van der Waals surface area contributed by atoms with Crippen molar-refractivity contribution < 1.29 is 18.0 Å². The van der Waals surface area contributed by atoms with Crippen LogP contribution in [-0.4, -0.2) is 47.9 Å². The Kier molecular flexibility index (Phi) is 6.01. The van der Waals surface area contributed by atoms with Crippen LogP contribution in [0.5, 0.6) is 0 Å². The van der Waals surface area contributed by atoms with Crippen LogP contribution < -0.4 is 4.90 Å². The summed E-state index contributed by atoms with van der Waals surface area (Å²) in [6.45, 7) is 6.33. The Morgan fingerprint density at radius 1 is 1.22 bits per heavy atom. The van der Waals surface area contributed by atoms with Crippen LogP contribution in [0.2, 0.25) is 0 Å². The van der Waals surface area contributed by atoms with Crippen molar-refractivity contribution in [1.82, 2.24) is 4.90 Å². The second-order valence-corrected chi connectivity index (χ2v) is 7.78. The lowest BCUT2D eigenvalue weighted by molar-refractivity contribution is -0.119. The van der Waals surface area contributed by atoms with E-state index in [0.717, 1.165) is 24.1 Å². The van der Waals surface area contributed by atoms with Crippen molar-refractivity contribution in [2.24, 2.45) is 0 Å². The summed E-state index contributed by atoms with van der Waals surface area (Å²) >= 11 is 1.51. The zero-order chi connectivity index (χ0) is 19.6. The Hall–Kier alpha value is -1.73. The van der Waals surface area contributed by atoms with Gasteiger partial charge in [-0.3, -0.25) is 4.79 Å². The van der Waals surface area contributed by atoms with Crippen molar-refractivity contribution in [3.63, 3.8) is 0 Å². The molecule has 0 fully saturated rings. The summed E-state index contributed by atoms with van der Waals surface area (Å²) in [4.78, 5) is 17.7. The van der Waals surface area contributed by atoms with Crippen LogP contribution in [0.4, 0.5) is 18.9 Å². The number of hydrogen-bond acceptors (Lipinski definition) is 3. The zero-order valence-corrected chi connectivity index (χ0v) is 16.2. The van der Waals surface area contributed by atoms with E-state index in [1.54, 1.807) is 11.0 Å². The van der Waals surface area contributed by atoms with Crippen molar-refractivity contribution in [3.8, 4) is 0 Å². The highest BCUT2D eigenvalue weighted by Crippen LogP contribution is 2.45. The van der Waals surface area contributed by atoms with Crippen molar-refractivity contribution in [2.45, 2.75) is 42.6 Å². The second-order valence-electron chi connectivity index (χ2n) is 6.56. The van der Waals surface area contributed by atoms with Gasteiger partial charge < -0.3 is 9.80 Å². The molecule has 1 aromatic rings. The summed E-state index contributed by atoms with van der Waals surface area (Å²) in [7, 11) is 0. The number of carbonyl (C=O) groups is 1. The number of thioether (sulfide) groups is 1. The highest BCUT2D eigenvalue weighted by atomic mass is 32.2. The minimum atomic E-state index is -4.42. The maximum absolute atomic E-state index is 13.2. The first kappa shape index (κ1) is 20.0. The number of anilines is 1. The zero-order valence-electron chi connectivity index (χ0n) is 15.4. The van der Waals surface area contributed by atoms with Gasteiger partial charge in [0.15, 0.2) is 0 Å². The van der Waals surface area contributed by atoms with E-state index in [9.17, 15) is 18.0 Å². The topological polar surface area (TPSA) is 23.6 Å². The molecule has 1 aromatic carbocycles. The fourth-order valence-corrected chi connectivity index (χ4v) is 4.68. The number of para-hydroxylation sites is 1. The molecule has 3 rings (SSSR count). The molecule has 3 nitrogen and oxygen atoms in total. The molecule has 1 amide bonds. The lowest BCUT2D eigenvalue weighted by atomic mass is 9.98. The van der Waals surface area contributed by atoms with Gasteiger partial charge in [0.05, 0.1) is 22.6 Å². The molecule has 0 radical (unpaired) electrons. The van der Waals surface area contributed by atoms with Gasteiger partial charge in [0, 0.05) is 17.9 Å². The van der Waals surface area contributed by atoms with E-state index in [4.69, 9.17) is 0 Å². The predicted octanol–water partition coefficient (Wildman–Crippen LogP) is 4.65. The van der Waals surface area contributed by atoms with Crippen LogP contribution in [0.15, 0.2) is 53.0 Å². The second kappa shape index (κ2) is 8.10. The van der Waals surface area contributed by atoms with Gasteiger partial charge in [-0.1, -0.05) is 38.1 Å². The van der Waals surface area contributed by atoms with Crippen LogP contribution in [0.25, 0.3) is 0 Å².